The molecular formula is C21H11BBr5F2N3. The zero-order chi connectivity index (χ0) is 22.8. The largest absolute Gasteiger partial charge is 0.640 e. The van der Waals surface area contributed by atoms with Crippen LogP contribution in [0.1, 0.15) is 11.3 Å². The van der Waals surface area contributed by atoms with Crippen molar-refractivity contribution in [2.45, 2.75) is 0 Å². The Bertz CT molecular complexity index is 1370. The van der Waals surface area contributed by atoms with Crippen LogP contribution in [0.5, 0.6) is 0 Å². The van der Waals surface area contributed by atoms with Crippen molar-refractivity contribution < 1.29 is 13.1 Å². The van der Waals surface area contributed by atoms with Gasteiger partial charge in [0.2, 0.25) is 0 Å². The van der Waals surface area contributed by atoms with E-state index >= 15 is 8.63 Å². The number of rotatable bonds is 2. The molecule has 1 N–H and O–H groups in total. The summed E-state index contributed by atoms with van der Waals surface area (Å²) in [6.45, 7) is -4.27. The summed E-state index contributed by atoms with van der Waals surface area (Å²) in [5.41, 5.74) is 2.97. The lowest BCUT2D eigenvalue weighted by atomic mass is 9.86. The molecule has 3 aromatic rings. The molecule has 1 aromatic heterocycles. The minimum absolute atomic E-state index is 0.259. The van der Waals surface area contributed by atoms with Crippen molar-refractivity contribution in [2.75, 3.05) is 5.32 Å². The van der Waals surface area contributed by atoms with Crippen LogP contribution in [-0.2, 0) is 0 Å². The molecule has 0 fully saturated rings. The maximum Gasteiger partial charge on any atom is 0.640 e. The molecule has 2 aliphatic heterocycles. The maximum absolute atomic E-state index is 16.3. The number of hydrogen-bond donors (Lipinski definition) is 1. The lowest BCUT2D eigenvalue weighted by molar-refractivity contribution is -0.362. The van der Waals surface area contributed by atoms with E-state index in [4.69, 9.17) is 0 Å². The van der Waals surface area contributed by atoms with Gasteiger partial charge in [0.25, 0.3) is 5.84 Å². The molecule has 0 radical (unpaired) electrons. The zero-order valence-electron chi connectivity index (χ0n) is 15.9. The van der Waals surface area contributed by atoms with Crippen molar-refractivity contribution in [3.63, 3.8) is 0 Å². The van der Waals surface area contributed by atoms with Gasteiger partial charge in [-0.3, -0.25) is 0 Å². The molecule has 0 bridgehead atoms. The Hall–Kier alpha value is -1.01. The van der Waals surface area contributed by atoms with E-state index in [0.717, 1.165) is 14.5 Å². The molecule has 3 heterocycles. The van der Waals surface area contributed by atoms with Gasteiger partial charge in [-0.1, -0.05) is 48.5 Å². The van der Waals surface area contributed by atoms with Crippen molar-refractivity contribution in [3.8, 4) is 0 Å². The predicted molar refractivity (Wildman–Crippen MR) is 144 cm³/mol. The van der Waals surface area contributed by atoms with Crippen LogP contribution in [0.25, 0.3) is 5.57 Å². The average molecular weight is 754 g/mol. The van der Waals surface area contributed by atoms with Gasteiger partial charge in [-0.15, -0.1) is 0 Å². The number of aromatic nitrogens is 1. The van der Waals surface area contributed by atoms with E-state index in [1.807, 2.05) is 60.7 Å². The lowest BCUT2D eigenvalue weighted by Crippen LogP contribution is -2.52. The highest BCUT2D eigenvalue weighted by molar-refractivity contribution is 9.15. The van der Waals surface area contributed by atoms with Crippen LogP contribution in [0.2, 0.25) is 0 Å². The third-order valence-corrected chi connectivity index (χ3v) is 10.8. The summed E-state index contributed by atoms with van der Waals surface area (Å²) in [4.78, 5) is 0. The number of para-hydroxylation sites is 1. The number of fused-ring (bicyclic) bond motifs is 2. The molecule has 0 aliphatic carbocycles. The first-order valence-electron chi connectivity index (χ1n) is 9.36. The van der Waals surface area contributed by atoms with Crippen LogP contribution < -0.4 is 5.32 Å². The van der Waals surface area contributed by atoms with E-state index in [1.54, 1.807) is 0 Å². The van der Waals surface area contributed by atoms with Crippen LogP contribution in [0, 0.1) is 0 Å². The Morgan fingerprint density at radius 3 is 2.00 bits per heavy atom. The molecule has 0 atom stereocenters. The van der Waals surface area contributed by atoms with Gasteiger partial charge >= 0.3 is 6.97 Å². The topological polar surface area (TPSA) is 20.0 Å². The highest BCUT2D eigenvalue weighted by Crippen LogP contribution is 2.52. The molecule has 0 amide bonds. The van der Waals surface area contributed by atoms with Gasteiger partial charge in [0.05, 0.1) is 18.0 Å². The van der Waals surface area contributed by atoms with Crippen LogP contribution in [0.15, 0.2) is 88.9 Å². The maximum atomic E-state index is 16.3. The van der Waals surface area contributed by atoms with E-state index in [9.17, 15) is 0 Å². The highest BCUT2D eigenvalue weighted by Gasteiger charge is 2.54. The van der Waals surface area contributed by atoms with Crippen molar-refractivity contribution in [1.29, 1.82) is 0 Å². The van der Waals surface area contributed by atoms with Crippen LogP contribution in [0.4, 0.5) is 14.3 Å². The Balaban J connectivity index is 1.91. The fourth-order valence-electron chi connectivity index (χ4n) is 3.98. The second-order valence-electron chi connectivity index (χ2n) is 7.15. The molecule has 0 spiro atoms. The first kappa shape index (κ1) is 22.8. The number of hydrogen-bond acceptors (Lipinski definition) is 1. The third-order valence-electron chi connectivity index (χ3n) is 5.32. The Morgan fingerprint density at radius 1 is 0.781 bits per heavy atom. The van der Waals surface area contributed by atoms with E-state index in [1.165, 1.54) is 0 Å². The quantitative estimate of drug-likeness (QED) is 0.261. The monoisotopic (exact) mass is 749 g/mol. The van der Waals surface area contributed by atoms with Gasteiger partial charge in [-0.25, -0.2) is 5.32 Å². The van der Waals surface area contributed by atoms with E-state index in [0.29, 0.717) is 40.6 Å². The SMILES string of the molecule is F[B-]1(F)n2c(Br)c(Br)c(Br)c2C(c2ccccc2)=C2C(Br)=C(Br)C(Nc3ccccc3)=[N+]21. The second-order valence-corrected chi connectivity index (χ2v) is 11.1. The van der Waals surface area contributed by atoms with E-state index in [-0.39, 0.29) is 10.4 Å². The Morgan fingerprint density at radius 2 is 1.38 bits per heavy atom. The summed E-state index contributed by atoms with van der Waals surface area (Å²) < 4.78 is 37.2. The van der Waals surface area contributed by atoms with Crippen LogP contribution in [-0.4, -0.2) is 21.8 Å². The number of amidine groups is 1. The number of allylic oxidation sites excluding steroid dienone is 1. The smallest absolute Gasteiger partial charge is 0.414 e. The molecule has 0 saturated carbocycles. The van der Waals surface area contributed by atoms with Gasteiger partial charge in [-0.05, 0) is 97.3 Å². The third kappa shape index (κ3) is 3.30. The molecule has 0 unspecified atom stereocenters. The number of anilines is 1. The summed E-state index contributed by atoms with van der Waals surface area (Å²) in [5, 5.41) is 3.18. The van der Waals surface area contributed by atoms with Crippen molar-refractivity contribution in [1.82, 2.24) is 4.48 Å². The molecule has 5 rings (SSSR count). The van der Waals surface area contributed by atoms with Crippen molar-refractivity contribution >= 4 is 104 Å². The molecule has 3 nitrogen and oxygen atoms in total. The number of benzene rings is 2. The van der Waals surface area contributed by atoms with E-state index < -0.39 is 6.97 Å². The van der Waals surface area contributed by atoms with Gasteiger partial charge in [-0.2, -0.15) is 0 Å². The van der Waals surface area contributed by atoms with Gasteiger partial charge in [0, 0.05) is 11.3 Å². The van der Waals surface area contributed by atoms with Gasteiger partial charge in [0.15, 0.2) is 0 Å². The van der Waals surface area contributed by atoms with Gasteiger partial charge in [0.1, 0.15) is 15.9 Å². The first-order valence-corrected chi connectivity index (χ1v) is 13.3. The van der Waals surface area contributed by atoms with E-state index in [2.05, 4.69) is 85.0 Å². The van der Waals surface area contributed by atoms with Gasteiger partial charge < -0.3 is 17.6 Å². The standard InChI is InChI=1S/C21H11BBr5F2N3/c23-14-16(25)20(27)31-18(14)13(11-7-3-1-4-8-11)19-15(24)17(26)21(32(19)22(31,28)29)30-12-9-5-2-6-10-12/h1-10,30H. The first-order chi connectivity index (χ1) is 15.2. The van der Waals surface area contributed by atoms with Crippen LogP contribution in [0.3, 0.4) is 0 Å². The summed E-state index contributed by atoms with van der Waals surface area (Å²) >= 11 is 17.5. The fraction of sp³-hybridized carbons (Fsp3) is 0. The minimum atomic E-state index is -4.27. The number of nitrogens with zero attached hydrogens (tertiary/aromatic N) is 2. The molecular weight excluding hydrogens is 743 g/mol. The fourth-order valence-corrected chi connectivity index (χ4v) is 6.88. The summed E-state index contributed by atoms with van der Waals surface area (Å²) in [5.74, 6) is 0.259. The summed E-state index contributed by atoms with van der Waals surface area (Å²) in [7, 11) is 0. The molecule has 2 aromatic carbocycles. The molecule has 32 heavy (non-hydrogen) atoms. The summed E-state index contributed by atoms with van der Waals surface area (Å²) in [6, 6.07) is 18.8. The minimum Gasteiger partial charge on any atom is -0.414 e. The van der Waals surface area contributed by atoms with Crippen LogP contribution >= 0.6 is 79.6 Å². The lowest BCUT2D eigenvalue weighted by Gasteiger charge is -2.36. The number of halogens is 7. The van der Waals surface area contributed by atoms with Crippen molar-refractivity contribution in [2.24, 2.45) is 0 Å². The molecule has 11 heteroatoms. The Labute approximate surface area is 225 Å². The summed E-state index contributed by atoms with van der Waals surface area (Å²) in [6.07, 6.45) is 0. The molecule has 2 aliphatic rings. The zero-order valence-corrected chi connectivity index (χ0v) is 23.8. The molecule has 162 valence electrons. The predicted octanol–water partition coefficient (Wildman–Crippen LogP) is 8.31. The normalized spacial score (nSPS) is 17.1. The average Bonchev–Trinajstić information content (AvgIpc) is 3.17. The Kier molecular flexibility index (Phi) is 5.93. The second kappa shape index (κ2) is 8.34. The van der Waals surface area contributed by atoms with Crippen molar-refractivity contribution in [3.05, 3.63) is 100 Å². The highest BCUT2D eigenvalue weighted by atomic mass is 79.9. The number of nitrogens with one attached hydrogen (secondary N) is 1. The molecule has 0 saturated heterocycles.